The molecule has 0 fully saturated rings. The van der Waals surface area contributed by atoms with E-state index in [0.29, 0.717) is 29.9 Å². The van der Waals surface area contributed by atoms with E-state index in [2.05, 4.69) is 19.1 Å². The van der Waals surface area contributed by atoms with E-state index in [4.69, 9.17) is 4.74 Å². The summed E-state index contributed by atoms with van der Waals surface area (Å²) in [5, 5.41) is -0.736. The summed E-state index contributed by atoms with van der Waals surface area (Å²) < 4.78 is 33.5. The van der Waals surface area contributed by atoms with Crippen LogP contribution in [0.1, 0.15) is 207 Å². The van der Waals surface area contributed by atoms with Crippen molar-refractivity contribution in [2.75, 3.05) is 0 Å². The van der Waals surface area contributed by atoms with E-state index < -0.39 is 27.2 Å². The summed E-state index contributed by atoms with van der Waals surface area (Å²) >= 11 is 0. The summed E-state index contributed by atoms with van der Waals surface area (Å²) in [7, 11) is -3.65. The Labute approximate surface area is 309 Å². The van der Waals surface area contributed by atoms with Gasteiger partial charge in [0, 0.05) is 19.8 Å². The molecular formula is C44H76O5S. The molecule has 0 aliphatic rings. The molecule has 0 amide bonds. The molecule has 0 saturated heterocycles. The molecule has 0 spiro atoms. The number of esters is 1. The van der Waals surface area contributed by atoms with Crippen LogP contribution in [-0.2, 0) is 24.2 Å². The highest BCUT2D eigenvalue weighted by molar-refractivity contribution is 7.92. The van der Waals surface area contributed by atoms with Gasteiger partial charge < -0.3 is 4.74 Å². The number of hydrogen-bond acceptors (Lipinski definition) is 5. The normalized spacial score (nSPS) is 13.1. The molecule has 0 N–H and O–H groups in total. The monoisotopic (exact) mass is 717 g/mol. The van der Waals surface area contributed by atoms with Crippen molar-refractivity contribution in [3.8, 4) is 0 Å². The fourth-order valence-electron chi connectivity index (χ4n) is 6.89. The molecule has 5 nitrogen and oxygen atoms in total. The van der Waals surface area contributed by atoms with Gasteiger partial charge in [-0.2, -0.15) is 0 Å². The molecule has 1 aromatic rings. The summed E-state index contributed by atoms with van der Waals surface area (Å²) in [6.45, 7) is 5.60. The van der Waals surface area contributed by atoms with Gasteiger partial charge >= 0.3 is 5.97 Å². The van der Waals surface area contributed by atoms with E-state index in [9.17, 15) is 18.0 Å². The van der Waals surface area contributed by atoms with Gasteiger partial charge in [0.2, 0.25) is 0 Å². The lowest BCUT2D eigenvalue weighted by atomic mass is 10.0. The van der Waals surface area contributed by atoms with Crippen molar-refractivity contribution in [2.45, 2.75) is 223 Å². The molecule has 0 aliphatic carbocycles. The summed E-state index contributed by atoms with van der Waals surface area (Å²) in [6.07, 6.45) is 36.3. The third-order valence-corrected chi connectivity index (χ3v) is 12.3. The van der Waals surface area contributed by atoms with E-state index in [-0.39, 0.29) is 0 Å². The Kier molecular flexibility index (Phi) is 29.3. The lowest BCUT2D eigenvalue weighted by Gasteiger charge is -2.27. The topological polar surface area (TPSA) is 77.5 Å². The molecule has 6 heteroatoms. The minimum Gasteiger partial charge on any atom is -0.461 e. The van der Waals surface area contributed by atoms with Crippen molar-refractivity contribution in [1.82, 2.24) is 0 Å². The molecule has 0 saturated carbocycles. The predicted molar refractivity (Wildman–Crippen MR) is 212 cm³/mol. The highest BCUT2D eigenvalue weighted by atomic mass is 32.2. The number of ether oxygens (including phenoxy) is 1. The van der Waals surface area contributed by atoms with Crippen LogP contribution in [0.4, 0.5) is 0 Å². The Morgan fingerprint density at radius 2 is 1.06 bits per heavy atom. The van der Waals surface area contributed by atoms with Crippen LogP contribution in [0.25, 0.3) is 0 Å². The largest absolute Gasteiger partial charge is 0.461 e. The third kappa shape index (κ3) is 24.3. The number of carbonyl (C=O) groups is 2. The Bertz CT molecular complexity index is 1080. The fraction of sp³-hybridized carbons (Fsp3) is 0.773. The van der Waals surface area contributed by atoms with Crippen LogP contribution in [0.5, 0.6) is 0 Å². The van der Waals surface area contributed by atoms with Gasteiger partial charge in [-0.05, 0) is 63.5 Å². The van der Waals surface area contributed by atoms with Gasteiger partial charge in [-0.25, -0.2) is 8.42 Å². The van der Waals surface area contributed by atoms with Crippen LogP contribution in [-0.4, -0.2) is 31.5 Å². The van der Waals surface area contributed by atoms with Gasteiger partial charge in [0.15, 0.2) is 9.84 Å². The van der Waals surface area contributed by atoms with Crippen molar-refractivity contribution < 1.29 is 22.7 Å². The first-order valence-electron chi connectivity index (χ1n) is 21.0. The minimum atomic E-state index is -3.65. The van der Waals surface area contributed by atoms with Gasteiger partial charge in [-0.3, -0.25) is 9.59 Å². The summed E-state index contributed by atoms with van der Waals surface area (Å²) in [5.41, 5.74) is 0. The molecule has 1 aromatic carbocycles. The molecule has 1 rings (SSSR count). The van der Waals surface area contributed by atoms with Gasteiger partial charge in [0.25, 0.3) is 0 Å². The zero-order valence-corrected chi connectivity index (χ0v) is 33.5. The molecule has 288 valence electrons. The van der Waals surface area contributed by atoms with Crippen molar-refractivity contribution in [2.24, 2.45) is 0 Å². The van der Waals surface area contributed by atoms with Crippen LogP contribution in [0.2, 0.25) is 0 Å². The second-order valence-electron chi connectivity index (χ2n) is 14.6. The molecular weight excluding hydrogens is 641 g/mol. The Morgan fingerprint density at radius 3 is 1.56 bits per heavy atom. The smallest absolute Gasteiger partial charge is 0.302 e. The first-order valence-corrected chi connectivity index (χ1v) is 22.5. The number of unbranched alkanes of at least 4 members (excludes halogenated alkanes) is 22. The maximum atomic E-state index is 13.9. The number of sulfone groups is 1. The number of benzene rings is 1. The molecule has 50 heavy (non-hydrogen) atoms. The predicted octanol–water partition coefficient (Wildman–Crippen LogP) is 13.2. The number of ketones is 1. The molecule has 0 radical (unpaired) electrons. The van der Waals surface area contributed by atoms with Crippen LogP contribution in [0.3, 0.4) is 0 Å². The molecule has 0 heterocycles. The second-order valence-corrected chi connectivity index (χ2v) is 16.8. The molecule has 0 aliphatic heterocycles. The fourth-order valence-corrected chi connectivity index (χ4v) is 8.85. The number of Topliss-reactive ketones (excluding diaryl/α,β-unsaturated/α-hetero) is 1. The van der Waals surface area contributed by atoms with Crippen LogP contribution in [0.15, 0.2) is 47.4 Å². The minimum absolute atomic E-state index is 0.312. The van der Waals surface area contributed by atoms with E-state index in [1.807, 2.05) is 13.0 Å². The average Bonchev–Trinajstić information content (AvgIpc) is 3.11. The van der Waals surface area contributed by atoms with Gasteiger partial charge in [0.1, 0.15) is 17.1 Å². The number of allylic oxidation sites excluding steroid dienone is 2. The summed E-state index contributed by atoms with van der Waals surface area (Å²) in [4.78, 5) is 23.8. The maximum Gasteiger partial charge on any atom is 0.302 e. The van der Waals surface area contributed by atoms with E-state index in [0.717, 1.165) is 51.4 Å². The highest BCUT2D eigenvalue weighted by Gasteiger charge is 2.36. The lowest BCUT2D eigenvalue weighted by Crippen LogP contribution is -2.37. The molecule has 0 bridgehead atoms. The highest BCUT2D eigenvalue weighted by Crippen LogP contribution is 2.28. The zero-order valence-electron chi connectivity index (χ0n) is 32.7. The zero-order chi connectivity index (χ0) is 36.5. The molecule has 2 unspecified atom stereocenters. The number of rotatable bonds is 35. The summed E-state index contributed by atoms with van der Waals surface area (Å²) in [6, 6.07) is 8.69. The lowest BCUT2D eigenvalue weighted by molar-refractivity contribution is -0.146. The van der Waals surface area contributed by atoms with Crippen LogP contribution < -0.4 is 0 Å². The van der Waals surface area contributed by atoms with Gasteiger partial charge in [-0.15, -0.1) is 0 Å². The first kappa shape index (κ1) is 46.1. The van der Waals surface area contributed by atoms with Crippen molar-refractivity contribution in [1.29, 1.82) is 0 Å². The van der Waals surface area contributed by atoms with Gasteiger partial charge in [0.05, 0.1) is 4.90 Å². The Hall–Kier alpha value is -1.95. The first-order chi connectivity index (χ1) is 24.3. The quantitative estimate of drug-likeness (QED) is 0.0397. The Morgan fingerprint density at radius 1 is 0.600 bits per heavy atom. The molecule has 0 aromatic heterocycles. The summed E-state index contributed by atoms with van der Waals surface area (Å²) in [5.74, 6) is -0.00814. The standard InChI is InChI=1S/C44H76O5S/c1-4-6-7-8-9-10-11-18-21-24-27-33-38-43(49-40(3)45)44(50(47,48)42-36-31-29-32-37-42)39-34-28-25-22-19-16-14-12-13-15-17-20-23-26-30-35-41(46)5-2/h22,25,29,31-32,36-37,43-44H,4-21,23-24,26-28,30,33-35,38-39H2,1-3H3/b25-22+. The van der Waals surface area contributed by atoms with Crippen molar-refractivity contribution in [3.05, 3.63) is 42.5 Å². The Balaban J connectivity index is 2.42. The van der Waals surface area contributed by atoms with Crippen molar-refractivity contribution >= 4 is 21.6 Å². The van der Waals surface area contributed by atoms with Gasteiger partial charge in [-0.1, -0.05) is 166 Å². The van der Waals surface area contributed by atoms with E-state index in [1.54, 1.807) is 24.3 Å². The number of hydrogen-bond donors (Lipinski definition) is 0. The average molecular weight is 717 g/mol. The number of carbonyl (C=O) groups excluding carboxylic acids is 2. The van der Waals surface area contributed by atoms with Crippen LogP contribution >= 0.6 is 0 Å². The second kappa shape index (κ2) is 31.8. The molecule has 2 atom stereocenters. The third-order valence-electron chi connectivity index (χ3n) is 10.0. The van der Waals surface area contributed by atoms with E-state index in [1.165, 1.54) is 122 Å². The van der Waals surface area contributed by atoms with Crippen molar-refractivity contribution in [3.63, 3.8) is 0 Å². The van der Waals surface area contributed by atoms with Crippen LogP contribution in [0, 0.1) is 0 Å². The maximum absolute atomic E-state index is 13.9. The van der Waals surface area contributed by atoms with E-state index >= 15 is 0 Å². The SMILES string of the molecule is CCCCCCCCCCCCCCC(OC(C)=O)C(CCC/C=C/CCCCCCCCCCCCC(=O)CC)S(=O)(=O)c1ccccc1.